The summed E-state index contributed by atoms with van der Waals surface area (Å²) in [5.74, 6) is 1.52. The molecular weight excluding hydrogens is 264 g/mol. The minimum Gasteiger partial charge on any atom is -0.378 e. The van der Waals surface area contributed by atoms with Crippen LogP contribution >= 0.6 is 0 Å². The van der Waals surface area contributed by atoms with Crippen LogP contribution in [-0.2, 0) is 4.74 Å². The molecule has 21 heavy (non-hydrogen) atoms. The first-order valence-corrected chi connectivity index (χ1v) is 8.12. The average molecular weight is 290 g/mol. The number of piperidine rings is 1. The SMILES string of the molecule is CC(C)N1CCC[C@H](c2cnc(N3CCOCC3)cn2)C1. The van der Waals surface area contributed by atoms with Gasteiger partial charge >= 0.3 is 0 Å². The number of anilines is 1. The van der Waals surface area contributed by atoms with Gasteiger partial charge in [0.05, 0.1) is 31.3 Å². The Kier molecular flexibility index (Phi) is 4.70. The molecule has 1 aromatic heterocycles. The largest absolute Gasteiger partial charge is 0.378 e. The quantitative estimate of drug-likeness (QED) is 0.850. The summed E-state index contributed by atoms with van der Waals surface area (Å²) in [5, 5.41) is 0. The summed E-state index contributed by atoms with van der Waals surface area (Å²) in [6, 6.07) is 0.619. The molecule has 1 aromatic rings. The fraction of sp³-hybridized carbons (Fsp3) is 0.750. The summed E-state index contributed by atoms with van der Waals surface area (Å²) >= 11 is 0. The maximum atomic E-state index is 5.38. The summed E-state index contributed by atoms with van der Waals surface area (Å²) < 4.78 is 5.38. The summed E-state index contributed by atoms with van der Waals surface area (Å²) in [6.45, 7) is 10.3. The van der Waals surface area contributed by atoms with Crippen LogP contribution in [0.5, 0.6) is 0 Å². The van der Waals surface area contributed by atoms with Crippen LogP contribution in [0.2, 0.25) is 0 Å². The Balaban J connectivity index is 1.66. The lowest BCUT2D eigenvalue weighted by Crippen LogP contribution is -2.39. The zero-order valence-corrected chi connectivity index (χ0v) is 13.2. The van der Waals surface area contributed by atoms with Gasteiger partial charge in [-0.3, -0.25) is 4.98 Å². The van der Waals surface area contributed by atoms with Crippen LogP contribution in [0.4, 0.5) is 5.82 Å². The van der Waals surface area contributed by atoms with E-state index in [1.165, 1.54) is 19.4 Å². The third-order valence-corrected chi connectivity index (χ3v) is 4.59. The molecule has 2 aliphatic rings. The molecule has 0 aromatic carbocycles. The predicted octanol–water partition coefficient (Wildman–Crippen LogP) is 1.90. The van der Waals surface area contributed by atoms with Gasteiger partial charge in [0.25, 0.3) is 0 Å². The molecule has 0 aliphatic carbocycles. The second-order valence-corrected chi connectivity index (χ2v) is 6.33. The smallest absolute Gasteiger partial charge is 0.147 e. The van der Waals surface area contributed by atoms with Gasteiger partial charge in [-0.25, -0.2) is 4.98 Å². The first kappa shape index (κ1) is 14.7. The van der Waals surface area contributed by atoms with E-state index in [1.807, 2.05) is 12.4 Å². The second kappa shape index (κ2) is 6.71. The Morgan fingerprint density at radius 2 is 1.95 bits per heavy atom. The molecule has 0 saturated carbocycles. The van der Waals surface area contributed by atoms with Crippen molar-refractivity contribution in [1.29, 1.82) is 0 Å². The number of hydrogen-bond acceptors (Lipinski definition) is 5. The molecule has 116 valence electrons. The summed E-state index contributed by atoms with van der Waals surface area (Å²) in [7, 11) is 0. The summed E-state index contributed by atoms with van der Waals surface area (Å²) in [5.41, 5.74) is 1.15. The van der Waals surface area contributed by atoms with E-state index in [9.17, 15) is 0 Å². The predicted molar refractivity (Wildman–Crippen MR) is 83.7 cm³/mol. The maximum Gasteiger partial charge on any atom is 0.147 e. The van der Waals surface area contributed by atoms with E-state index in [4.69, 9.17) is 9.72 Å². The van der Waals surface area contributed by atoms with Crippen molar-refractivity contribution in [2.24, 2.45) is 0 Å². The Labute approximate surface area is 127 Å². The van der Waals surface area contributed by atoms with Crippen molar-refractivity contribution in [3.05, 3.63) is 18.1 Å². The van der Waals surface area contributed by atoms with E-state index in [0.717, 1.165) is 44.4 Å². The molecule has 0 spiro atoms. The van der Waals surface area contributed by atoms with Gasteiger partial charge in [0.1, 0.15) is 5.82 Å². The van der Waals surface area contributed by atoms with E-state index in [2.05, 4.69) is 28.6 Å². The minimum absolute atomic E-state index is 0.535. The third kappa shape index (κ3) is 3.52. The van der Waals surface area contributed by atoms with E-state index >= 15 is 0 Å². The molecular formula is C16H26N4O. The van der Waals surface area contributed by atoms with Crippen molar-refractivity contribution < 1.29 is 4.74 Å². The van der Waals surface area contributed by atoms with Gasteiger partial charge < -0.3 is 14.5 Å². The Morgan fingerprint density at radius 1 is 1.14 bits per heavy atom. The maximum absolute atomic E-state index is 5.38. The number of aromatic nitrogens is 2. The Hall–Kier alpha value is -1.20. The molecule has 3 heterocycles. The van der Waals surface area contributed by atoms with Gasteiger partial charge in [0.15, 0.2) is 0 Å². The third-order valence-electron chi connectivity index (χ3n) is 4.59. The normalized spacial score (nSPS) is 24.5. The van der Waals surface area contributed by atoms with Gasteiger partial charge in [-0.1, -0.05) is 0 Å². The summed E-state index contributed by atoms with van der Waals surface area (Å²) in [6.07, 6.45) is 6.42. The lowest BCUT2D eigenvalue weighted by molar-refractivity contribution is 0.122. The highest BCUT2D eigenvalue weighted by molar-refractivity contribution is 5.36. The molecule has 0 amide bonds. The monoisotopic (exact) mass is 290 g/mol. The highest BCUT2D eigenvalue weighted by Gasteiger charge is 2.24. The number of ether oxygens (including phenoxy) is 1. The standard InChI is InChI=1S/C16H26N4O/c1-13(2)20-5-3-4-14(12-20)15-10-18-16(11-17-15)19-6-8-21-9-7-19/h10-11,13-14H,3-9,12H2,1-2H3/t14-/m0/s1. The van der Waals surface area contributed by atoms with Crippen LogP contribution < -0.4 is 4.90 Å². The molecule has 3 rings (SSSR count). The van der Waals surface area contributed by atoms with Gasteiger partial charge in [-0.2, -0.15) is 0 Å². The van der Waals surface area contributed by atoms with Crippen molar-refractivity contribution in [3.8, 4) is 0 Å². The number of likely N-dealkylation sites (tertiary alicyclic amines) is 1. The molecule has 2 aliphatic heterocycles. The fourth-order valence-corrected chi connectivity index (χ4v) is 3.21. The van der Waals surface area contributed by atoms with Gasteiger partial charge in [-0.05, 0) is 33.2 Å². The van der Waals surface area contributed by atoms with Gasteiger partial charge in [0.2, 0.25) is 0 Å². The number of rotatable bonds is 3. The zero-order chi connectivity index (χ0) is 14.7. The van der Waals surface area contributed by atoms with Crippen LogP contribution in [0.25, 0.3) is 0 Å². The van der Waals surface area contributed by atoms with Crippen LogP contribution in [0.1, 0.15) is 38.3 Å². The lowest BCUT2D eigenvalue weighted by atomic mass is 9.94. The molecule has 0 radical (unpaired) electrons. The summed E-state index contributed by atoms with van der Waals surface area (Å²) in [4.78, 5) is 14.1. The molecule has 5 heteroatoms. The molecule has 5 nitrogen and oxygen atoms in total. The Morgan fingerprint density at radius 3 is 2.62 bits per heavy atom. The molecule has 1 atom stereocenters. The lowest BCUT2D eigenvalue weighted by Gasteiger charge is -2.35. The van der Waals surface area contributed by atoms with Crippen LogP contribution in [-0.4, -0.2) is 60.3 Å². The molecule has 2 saturated heterocycles. The van der Waals surface area contributed by atoms with E-state index < -0.39 is 0 Å². The Bertz CT molecular complexity index is 442. The van der Waals surface area contributed by atoms with Crippen LogP contribution in [0.3, 0.4) is 0 Å². The second-order valence-electron chi connectivity index (χ2n) is 6.33. The van der Waals surface area contributed by atoms with Crippen molar-refractivity contribution >= 4 is 5.82 Å². The molecule has 0 bridgehead atoms. The average Bonchev–Trinajstić information content (AvgIpc) is 2.56. The van der Waals surface area contributed by atoms with Crippen LogP contribution in [0, 0.1) is 0 Å². The van der Waals surface area contributed by atoms with Crippen molar-refractivity contribution in [1.82, 2.24) is 14.9 Å². The fourth-order valence-electron chi connectivity index (χ4n) is 3.21. The van der Waals surface area contributed by atoms with E-state index in [1.54, 1.807) is 0 Å². The highest BCUT2D eigenvalue weighted by Crippen LogP contribution is 2.26. The van der Waals surface area contributed by atoms with Crippen molar-refractivity contribution in [2.75, 3.05) is 44.3 Å². The number of nitrogens with zero attached hydrogens (tertiary/aromatic N) is 4. The molecule has 0 unspecified atom stereocenters. The molecule has 0 N–H and O–H groups in total. The first-order valence-electron chi connectivity index (χ1n) is 8.12. The topological polar surface area (TPSA) is 41.5 Å². The number of hydrogen-bond donors (Lipinski definition) is 0. The molecule has 2 fully saturated rings. The van der Waals surface area contributed by atoms with Crippen molar-refractivity contribution in [2.45, 2.75) is 38.6 Å². The highest BCUT2D eigenvalue weighted by atomic mass is 16.5. The van der Waals surface area contributed by atoms with Crippen molar-refractivity contribution in [3.63, 3.8) is 0 Å². The zero-order valence-electron chi connectivity index (χ0n) is 13.2. The van der Waals surface area contributed by atoms with E-state index in [-0.39, 0.29) is 0 Å². The van der Waals surface area contributed by atoms with Gasteiger partial charge in [0, 0.05) is 31.6 Å². The van der Waals surface area contributed by atoms with Crippen LogP contribution in [0.15, 0.2) is 12.4 Å². The van der Waals surface area contributed by atoms with Gasteiger partial charge in [-0.15, -0.1) is 0 Å². The number of morpholine rings is 1. The minimum atomic E-state index is 0.535. The van der Waals surface area contributed by atoms with E-state index in [0.29, 0.717) is 12.0 Å². The first-order chi connectivity index (χ1) is 10.2.